The molecule has 0 saturated carbocycles. The zero-order valence-corrected chi connectivity index (χ0v) is 11.1. The summed E-state index contributed by atoms with van der Waals surface area (Å²) in [6.07, 6.45) is 1.86. The maximum Gasteiger partial charge on any atom is 0.149 e. The third-order valence-electron chi connectivity index (χ3n) is 3.07. The van der Waals surface area contributed by atoms with Gasteiger partial charge in [-0.15, -0.1) is 11.3 Å². The molecule has 3 rings (SSSR count). The summed E-state index contributed by atoms with van der Waals surface area (Å²) < 4.78 is 6.86. The number of likely N-dealkylation sites (N-methyl/N-ethyl adjacent to an activating group) is 1. The van der Waals surface area contributed by atoms with Crippen molar-refractivity contribution >= 4 is 27.4 Å². The highest BCUT2D eigenvalue weighted by molar-refractivity contribution is 7.17. The smallest absolute Gasteiger partial charge is 0.149 e. The van der Waals surface area contributed by atoms with Gasteiger partial charge < -0.3 is 15.0 Å². The molecule has 2 aromatic heterocycles. The van der Waals surface area contributed by atoms with Crippen LogP contribution in [0, 0.1) is 0 Å². The van der Waals surface area contributed by atoms with E-state index in [0.717, 1.165) is 42.3 Å². The molecule has 0 bridgehead atoms. The second kappa shape index (κ2) is 5.17. The number of thiophene rings is 1. The van der Waals surface area contributed by atoms with Crippen LogP contribution in [0.5, 0.6) is 0 Å². The molecule has 1 unspecified atom stereocenters. The van der Waals surface area contributed by atoms with Gasteiger partial charge in [0.2, 0.25) is 0 Å². The number of rotatable bonds is 3. The second-order valence-corrected chi connectivity index (χ2v) is 5.33. The minimum absolute atomic E-state index is 0.230. The highest BCUT2D eigenvalue weighted by Crippen LogP contribution is 2.27. The maximum absolute atomic E-state index is 5.72. The van der Waals surface area contributed by atoms with Gasteiger partial charge in [0, 0.05) is 26.7 Å². The molecule has 1 aliphatic rings. The number of morpholine rings is 1. The van der Waals surface area contributed by atoms with Gasteiger partial charge in [0.05, 0.1) is 22.9 Å². The molecule has 0 aliphatic carbocycles. The molecule has 1 saturated heterocycles. The van der Waals surface area contributed by atoms with Crippen LogP contribution in [0.25, 0.3) is 10.2 Å². The summed E-state index contributed by atoms with van der Waals surface area (Å²) in [6.45, 7) is 3.49. The number of anilines is 1. The summed E-state index contributed by atoms with van der Waals surface area (Å²) >= 11 is 1.68. The van der Waals surface area contributed by atoms with Crippen molar-refractivity contribution in [2.75, 3.05) is 38.2 Å². The summed E-state index contributed by atoms with van der Waals surface area (Å²) in [4.78, 5) is 10.8. The molecule has 0 aromatic carbocycles. The van der Waals surface area contributed by atoms with Gasteiger partial charge in [-0.1, -0.05) is 0 Å². The minimum atomic E-state index is 0.230. The van der Waals surface area contributed by atoms with E-state index < -0.39 is 0 Å². The highest BCUT2D eigenvalue weighted by atomic mass is 32.1. The largest absolute Gasteiger partial charge is 0.374 e. The lowest BCUT2D eigenvalue weighted by Gasteiger charge is -2.28. The van der Waals surface area contributed by atoms with E-state index in [1.54, 1.807) is 17.7 Å². The molecule has 0 amide bonds. The first-order chi connectivity index (χ1) is 8.84. The number of nitrogens with zero attached hydrogens (tertiary/aromatic N) is 3. The van der Waals surface area contributed by atoms with E-state index in [4.69, 9.17) is 4.74 Å². The topological polar surface area (TPSA) is 50.3 Å². The van der Waals surface area contributed by atoms with E-state index in [0.29, 0.717) is 0 Å². The van der Waals surface area contributed by atoms with E-state index in [1.807, 2.05) is 6.07 Å². The number of nitrogens with one attached hydrogen (secondary N) is 1. The number of ether oxygens (including phenoxy) is 1. The number of hydrogen-bond donors (Lipinski definition) is 1. The Bertz CT molecular complexity index is 524. The van der Waals surface area contributed by atoms with Crippen LogP contribution in [0.15, 0.2) is 17.8 Å². The second-order valence-electron chi connectivity index (χ2n) is 4.41. The molecular formula is C12H16N4OS. The van der Waals surface area contributed by atoms with Crippen molar-refractivity contribution in [1.29, 1.82) is 0 Å². The fourth-order valence-electron chi connectivity index (χ4n) is 2.18. The van der Waals surface area contributed by atoms with Gasteiger partial charge in [-0.25, -0.2) is 9.97 Å². The molecule has 1 N–H and O–H groups in total. The molecule has 18 heavy (non-hydrogen) atoms. The lowest BCUT2D eigenvalue weighted by molar-refractivity contribution is 0.0339. The molecule has 1 fully saturated rings. The van der Waals surface area contributed by atoms with E-state index >= 15 is 0 Å². The van der Waals surface area contributed by atoms with Gasteiger partial charge in [-0.05, 0) is 11.4 Å². The van der Waals surface area contributed by atoms with Crippen LogP contribution < -0.4 is 10.2 Å². The molecular weight excluding hydrogens is 248 g/mol. The maximum atomic E-state index is 5.72. The van der Waals surface area contributed by atoms with Gasteiger partial charge in [0.1, 0.15) is 12.1 Å². The Morgan fingerprint density at radius 2 is 2.50 bits per heavy atom. The van der Waals surface area contributed by atoms with E-state index in [-0.39, 0.29) is 6.10 Å². The Balaban J connectivity index is 1.78. The summed E-state index contributed by atoms with van der Waals surface area (Å²) in [5.41, 5.74) is 1.01. The highest BCUT2D eigenvalue weighted by Gasteiger charge is 2.18. The zero-order valence-electron chi connectivity index (χ0n) is 10.3. The SMILES string of the molecule is CN(CC1CNCCO1)c1ncnc2ccsc12. The van der Waals surface area contributed by atoms with Crippen LogP contribution in [0.4, 0.5) is 5.82 Å². The molecule has 1 atom stereocenters. The Hall–Kier alpha value is -1.24. The molecule has 6 heteroatoms. The molecule has 3 heterocycles. The van der Waals surface area contributed by atoms with Crippen molar-refractivity contribution in [3.05, 3.63) is 17.8 Å². The standard InChI is InChI=1S/C12H16N4OS/c1-16(7-9-6-13-3-4-17-9)12-11-10(2-5-18-11)14-8-15-12/h2,5,8-9,13H,3-4,6-7H2,1H3. The Labute approximate surface area is 110 Å². The first-order valence-corrected chi connectivity index (χ1v) is 6.94. The van der Waals surface area contributed by atoms with Crippen molar-refractivity contribution in [1.82, 2.24) is 15.3 Å². The van der Waals surface area contributed by atoms with Crippen LogP contribution in [-0.2, 0) is 4.74 Å². The summed E-state index contributed by atoms with van der Waals surface area (Å²) in [5.74, 6) is 0.990. The van der Waals surface area contributed by atoms with Crippen LogP contribution in [0.1, 0.15) is 0 Å². The normalized spacial score (nSPS) is 20.2. The molecule has 96 valence electrons. The number of fused-ring (bicyclic) bond motifs is 1. The molecule has 2 aromatic rings. The molecule has 0 spiro atoms. The zero-order chi connectivity index (χ0) is 12.4. The monoisotopic (exact) mass is 264 g/mol. The van der Waals surface area contributed by atoms with E-state index in [1.165, 1.54) is 0 Å². The quantitative estimate of drug-likeness (QED) is 0.900. The third-order valence-corrected chi connectivity index (χ3v) is 3.97. The first-order valence-electron chi connectivity index (χ1n) is 6.06. The molecule has 1 aliphatic heterocycles. The van der Waals surface area contributed by atoms with Gasteiger partial charge in [-0.3, -0.25) is 0 Å². The first kappa shape index (κ1) is 11.8. The average molecular weight is 264 g/mol. The predicted molar refractivity (Wildman–Crippen MR) is 73.3 cm³/mol. The summed E-state index contributed by atoms with van der Waals surface area (Å²) in [5, 5.41) is 5.39. The lowest BCUT2D eigenvalue weighted by Crippen LogP contribution is -2.44. The Kier molecular flexibility index (Phi) is 3.40. The minimum Gasteiger partial charge on any atom is -0.374 e. The van der Waals surface area contributed by atoms with Crippen molar-refractivity contribution in [2.45, 2.75) is 6.10 Å². The fourth-order valence-corrected chi connectivity index (χ4v) is 3.07. The molecule has 0 radical (unpaired) electrons. The van der Waals surface area contributed by atoms with Crippen LogP contribution in [0.2, 0.25) is 0 Å². The van der Waals surface area contributed by atoms with E-state index in [2.05, 4.69) is 32.6 Å². The van der Waals surface area contributed by atoms with Crippen LogP contribution >= 0.6 is 11.3 Å². The van der Waals surface area contributed by atoms with E-state index in [9.17, 15) is 0 Å². The summed E-state index contributed by atoms with van der Waals surface area (Å²) in [7, 11) is 2.06. The Morgan fingerprint density at radius 3 is 3.33 bits per heavy atom. The van der Waals surface area contributed by atoms with Gasteiger partial charge in [0.15, 0.2) is 0 Å². The van der Waals surface area contributed by atoms with Gasteiger partial charge in [0.25, 0.3) is 0 Å². The Morgan fingerprint density at radius 1 is 1.56 bits per heavy atom. The van der Waals surface area contributed by atoms with Gasteiger partial charge in [-0.2, -0.15) is 0 Å². The molecule has 5 nitrogen and oxygen atoms in total. The lowest BCUT2D eigenvalue weighted by atomic mass is 10.3. The van der Waals surface area contributed by atoms with Crippen LogP contribution in [0.3, 0.4) is 0 Å². The third kappa shape index (κ3) is 2.31. The fraction of sp³-hybridized carbons (Fsp3) is 0.500. The summed E-state index contributed by atoms with van der Waals surface area (Å²) in [6, 6.07) is 2.03. The van der Waals surface area contributed by atoms with Crippen molar-refractivity contribution in [3.8, 4) is 0 Å². The van der Waals surface area contributed by atoms with Gasteiger partial charge >= 0.3 is 0 Å². The van der Waals surface area contributed by atoms with Crippen molar-refractivity contribution in [3.63, 3.8) is 0 Å². The predicted octanol–water partition coefficient (Wildman–Crippen LogP) is 1.12. The van der Waals surface area contributed by atoms with Crippen LogP contribution in [-0.4, -0.2) is 49.4 Å². The average Bonchev–Trinajstić information content (AvgIpc) is 2.87. The number of hydrogen-bond acceptors (Lipinski definition) is 6. The van der Waals surface area contributed by atoms with Crippen molar-refractivity contribution in [2.24, 2.45) is 0 Å². The number of aromatic nitrogens is 2. The van der Waals surface area contributed by atoms with Crippen molar-refractivity contribution < 1.29 is 4.74 Å².